The molecule has 0 aromatic rings. The minimum atomic E-state index is 0.653. The number of nitrogens with zero attached hydrogens (tertiary/aromatic N) is 1. The van der Waals surface area contributed by atoms with Crippen molar-refractivity contribution >= 4 is 0 Å². The predicted molar refractivity (Wildman–Crippen MR) is 245 cm³/mol. The van der Waals surface area contributed by atoms with Gasteiger partial charge in [0.2, 0.25) is 0 Å². The molecule has 53 heavy (non-hydrogen) atoms. The lowest BCUT2D eigenvalue weighted by Crippen LogP contribution is -2.31. The van der Waals surface area contributed by atoms with Gasteiger partial charge in [-0.05, 0) is 103 Å². The van der Waals surface area contributed by atoms with E-state index in [1.165, 1.54) is 249 Å². The van der Waals surface area contributed by atoms with Crippen molar-refractivity contribution < 1.29 is 0 Å². The Morgan fingerprint density at radius 2 is 0.623 bits per heavy atom. The summed E-state index contributed by atoms with van der Waals surface area (Å²) in [6.45, 7) is 24.3. The number of rotatable bonds is 43. The molecule has 0 rings (SSSR count). The minimum Gasteiger partial charge on any atom is -0.304 e. The van der Waals surface area contributed by atoms with Crippen LogP contribution in [0.1, 0.15) is 273 Å². The molecule has 316 valence electrons. The number of hydrogen-bond donors (Lipinski definition) is 0. The zero-order valence-electron chi connectivity index (χ0n) is 38.3. The zero-order chi connectivity index (χ0) is 39.2. The highest BCUT2D eigenvalue weighted by molar-refractivity contribution is 4.94. The van der Waals surface area contributed by atoms with E-state index in [0.717, 1.165) is 17.8 Å². The van der Waals surface area contributed by atoms with Crippen LogP contribution in [0.5, 0.6) is 0 Å². The first-order valence-corrected chi connectivity index (χ1v) is 24.8. The smallest absolute Gasteiger partial charge is 0.00356 e. The van der Waals surface area contributed by atoms with Gasteiger partial charge in [-0.15, -0.1) is 0 Å². The van der Waals surface area contributed by atoms with Gasteiger partial charge in [-0.25, -0.2) is 0 Å². The standard InChI is InChI=1S/C52H103N/c1-10-14-24-38-50(39-25-15-11-2)44-32-36-48(7)34-28-20-18-22-30-42-52(46-53(9)47(5)6)43-31-23-19-21-29-35-49(8)37-33-45-51(40-26-16-12-3)41-27-17-13-4/h47,50-52H,7-8,10-46H2,1-6,9H3. The van der Waals surface area contributed by atoms with E-state index < -0.39 is 0 Å². The first-order valence-electron chi connectivity index (χ1n) is 24.8. The minimum absolute atomic E-state index is 0.653. The van der Waals surface area contributed by atoms with Crippen LogP contribution in [-0.2, 0) is 0 Å². The van der Waals surface area contributed by atoms with E-state index in [-0.39, 0.29) is 0 Å². The Morgan fingerprint density at radius 1 is 0.358 bits per heavy atom. The summed E-state index contributed by atoms with van der Waals surface area (Å²) in [7, 11) is 2.34. The van der Waals surface area contributed by atoms with Gasteiger partial charge in [-0.3, -0.25) is 0 Å². The summed E-state index contributed by atoms with van der Waals surface area (Å²) in [5.74, 6) is 2.82. The van der Waals surface area contributed by atoms with Crippen LogP contribution in [0.15, 0.2) is 24.3 Å². The van der Waals surface area contributed by atoms with E-state index in [2.05, 4.69) is 66.6 Å². The number of unbranched alkanes of at least 4 members (excludes halogenated alkanes) is 16. The van der Waals surface area contributed by atoms with Crippen LogP contribution < -0.4 is 0 Å². The second-order valence-corrected chi connectivity index (χ2v) is 18.5. The molecule has 0 bridgehead atoms. The SMILES string of the molecule is C=C(CCCCCCCC(CCCCCCCC(=C)CCCC(CCCCC)CCCCC)CN(C)C(C)C)CCCC(CCCCC)CCCCC. The fourth-order valence-electron chi connectivity index (χ4n) is 8.75. The Bertz CT molecular complexity index is 689. The van der Waals surface area contributed by atoms with E-state index in [1.807, 2.05) is 0 Å². The molecule has 1 nitrogen and oxygen atoms in total. The average Bonchev–Trinajstić information content (AvgIpc) is 3.13. The third-order valence-corrected chi connectivity index (χ3v) is 12.9. The van der Waals surface area contributed by atoms with Crippen molar-refractivity contribution in [3.8, 4) is 0 Å². The number of allylic oxidation sites excluding steroid dienone is 2. The summed E-state index contributed by atoms with van der Waals surface area (Å²) in [4.78, 5) is 2.60. The van der Waals surface area contributed by atoms with E-state index in [0.29, 0.717) is 6.04 Å². The van der Waals surface area contributed by atoms with Gasteiger partial charge < -0.3 is 4.90 Å². The summed E-state index contributed by atoms with van der Waals surface area (Å²) < 4.78 is 0. The Kier molecular flexibility index (Phi) is 39.2. The Balaban J connectivity index is 4.16. The molecule has 0 aromatic heterocycles. The molecule has 0 radical (unpaired) electrons. The summed E-state index contributed by atoms with van der Waals surface area (Å²) >= 11 is 0. The molecule has 0 aliphatic heterocycles. The highest BCUT2D eigenvalue weighted by Crippen LogP contribution is 2.27. The van der Waals surface area contributed by atoms with Crippen molar-refractivity contribution in [1.82, 2.24) is 4.90 Å². The third kappa shape index (κ3) is 35.6. The summed E-state index contributed by atoms with van der Waals surface area (Å²) in [6.07, 6.45) is 50.4. The molecule has 0 amide bonds. The normalized spacial score (nSPS) is 12.1. The van der Waals surface area contributed by atoms with Crippen molar-refractivity contribution in [2.75, 3.05) is 13.6 Å². The first kappa shape index (κ1) is 52.4. The largest absolute Gasteiger partial charge is 0.304 e. The molecule has 0 aromatic carbocycles. The molecule has 0 aliphatic carbocycles. The molecule has 1 heteroatoms. The van der Waals surface area contributed by atoms with E-state index in [9.17, 15) is 0 Å². The van der Waals surface area contributed by atoms with Gasteiger partial charge in [-0.1, -0.05) is 219 Å². The molecule has 0 spiro atoms. The molecule has 0 unspecified atom stereocenters. The zero-order valence-corrected chi connectivity index (χ0v) is 38.3. The summed E-state index contributed by atoms with van der Waals surface area (Å²) in [6, 6.07) is 0.653. The molecule has 0 saturated heterocycles. The lowest BCUT2D eigenvalue weighted by molar-refractivity contribution is 0.212. The van der Waals surface area contributed by atoms with Gasteiger partial charge in [0.25, 0.3) is 0 Å². The van der Waals surface area contributed by atoms with E-state index >= 15 is 0 Å². The maximum atomic E-state index is 4.49. The van der Waals surface area contributed by atoms with Crippen LogP contribution in [0.25, 0.3) is 0 Å². The maximum Gasteiger partial charge on any atom is 0.00356 e. The highest BCUT2D eigenvalue weighted by atomic mass is 15.1. The molecule has 0 N–H and O–H groups in total. The van der Waals surface area contributed by atoms with Crippen molar-refractivity contribution in [1.29, 1.82) is 0 Å². The first-order chi connectivity index (χ1) is 25.8. The van der Waals surface area contributed by atoms with Gasteiger partial charge in [-0.2, -0.15) is 0 Å². The van der Waals surface area contributed by atoms with Crippen LogP contribution in [0.2, 0.25) is 0 Å². The van der Waals surface area contributed by atoms with Gasteiger partial charge in [0.1, 0.15) is 0 Å². The van der Waals surface area contributed by atoms with Crippen LogP contribution in [0, 0.1) is 17.8 Å². The van der Waals surface area contributed by atoms with Crippen molar-refractivity contribution in [2.24, 2.45) is 17.8 Å². The van der Waals surface area contributed by atoms with Crippen LogP contribution in [0.3, 0.4) is 0 Å². The Morgan fingerprint density at radius 3 is 0.962 bits per heavy atom. The third-order valence-electron chi connectivity index (χ3n) is 12.9. The van der Waals surface area contributed by atoms with Gasteiger partial charge >= 0.3 is 0 Å². The number of hydrogen-bond acceptors (Lipinski definition) is 1. The molecular formula is C52H103N. The average molecular weight is 742 g/mol. The topological polar surface area (TPSA) is 3.24 Å². The monoisotopic (exact) mass is 742 g/mol. The second-order valence-electron chi connectivity index (χ2n) is 18.5. The summed E-state index contributed by atoms with van der Waals surface area (Å²) in [5, 5.41) is 0. The van der Waals surface area contributed by atoms with Gasteiger partial charge in [0, 0.05) is 12.6 Å². The van der Waals surface area contributed by atoms with E-state index in [1.54, 1.807) is 0 Å². The second kappa shape index (κ2) is 39.7. The molecule has 0 heterocycles. The van der Waals surface area contributed by atoms with Crippen LogP contribution >= 0.6 is 0 Å². The van der Waals surface area contributed by atoms with E-state index in [4.69, 9.17) is 0 Å². The Hall–Kier alpha value is -0.560. The van der Waals surface area contributed by atoms with Crippen molar-refractivity contribution in [3.63, 3.8) is 0 Å². The molecule has 0 aliphatic rings. The van der Waals surface area contributed by atoms with Crippen LogP contribution in [-0.4, -0.2) is 24.5 Å². The van der Waals surface area contributed by atoms with Gasteiger partial charge in [0.15, 0.2) is 0 Å². The molecule has 0 saturated carbocycles. The highest BCUT2D eigenvalue weighted by Gasteiger charge is 2.14. The molecular weight excluding hydrogens is 639 g/mol. The maximum absolute atomic E-state index is 4.49. The van der Waals surface area contributed by atoms with Crippen molar-refractivity contribution in [3.05, 3.63) is 24.3 Å². The lowest BCUT2D eigenvalue weighted by Gasteiger charge is -2.27. The quantitative estimate of drug-likeness (QED) is 0.0444. The van der Waals surface area contributed by atoms with Gasteiger partial charge in [0.05, 0.1) is 0 Å². The Labute approximate surface area is 338 Å². The predicted octanol–water partition coefficient (Wildman–Crippen LogP) is 18.4. The lowest BCUT2D eigenvalue weighted by atomic mass is 9.89. The molecule has 0 fully saturated rings. The fraction of sp³-hybridized carbons (Fsp3) is 0.923. The fourth-order valence-corrected chi connectivity index (χ4v) is 8.75. The molecule has 0 atom stereocenters. The van der Waals surface area contributed by atoms with Crippen molar-refractivity contribution in [2.45, 2.75) is 279 Å². The van der Waals surface area contributed by atoms with Crippen LogP contribution in [0.4, 0.5) is 0 Å². The summed E-state index contributed by atoms with van der Waals surface area (Å²) in [5.41, 5.74) is 3.06.